The Hall–Kier alpha value is -2.18. The molecule has 5 nitrogen and oxygen atoms in total. The minimum absolute atomic E-state index is 0.0906. The topological polar surface area (TPSA) is 70.6 Å². The number of rotatable bonds is 5. The number of carbonyl (C=O) groups is 2. The van der Waals surface area contributed by atoms with E-state index in [1.165, 1.54) is 11.3 Å². The SMILES string of the molecule is C/C(CC(=O)Nc1ccc(Cl)cc1)=N/NC(=O)c1cccs1. The summed E-state index contributed by atoms with van der Waals surface area (Å²) in [5.41, 5.74) is 3.59. The number of hydrazone groups is 1. The Morgan fingerprint density at radius 3 is 2.59 bits per heavy atom. The number of anilines is 1. The maximum absolute atomic E-state index is 11.8. The van der Waals surface area contributed by atoms with Gasteiger partial charge in [0.25, 0.3) is 5.91 Å². The lowest BCUT2D eigenvalue weighted by atomic mass is 10.2. The number of hydrogen-bond acceptors (Lipinski definition) is 4. The third-order valence-electron chi connectivity index (χ3n) is 2.64. The van der Waals surface area contributed by atoms with Gasteiger partial charge in [-0.25, -0.2) is 5.43 Å². The molecule has 0 saturated carbocycles. The van der Waals surface area contributed by atoms with Gasteiger partial charge in [-0.15, -0.1) is 11.3 Å². The summed E-state index contributed by atoms with van der Waals surface area (Å²) in [7, 11) is 0. The molecular weight excluding hydrogens is 322 g/mol. The molecular formula is C15H14ClN3O2S. The van der Waals surface area contributed by atoms with Crippen LogP contribution in [0.4, 0.5) is 5.69 Å². The summed E-state index contributed by atoms with van der Waals surface area (Å²) in [5.74, 6) is -0.499. The van der Waals surface area contributed by atoms with Crippen LogP contribution in [0.25, 0.3) is 0 Å². The fraction of sp³-hybridized carbons (Fsp3) is 0.133. The molecule has 7 heteroatoms. The summed E-state index contributed by atoms with van der Waals surface area (Å²) in [5, 5.41) is 9.06. The number of benzene rings is 1. The number of thiophene rings is 1. The second-order valence-electron chi connectivity index (χ2n) is 4.50. The Balaban J connectivity index is 1.84. The summed E-state index contributed by atoms with van der Waals surface area (Å²) in [6, 6.07) is 10.3. The maximum atomic E-state index is 11.8. The second-order valence-corrected chi connectivity index (χ2v) is 5.88. The van der Waals surface area contributed by atoms with Crippen molar-refractivity contribution in [3.63, 3.8) is 0 Å². The van der Waals surface area contributed by atoms with Crippen LogP contribution in [-0.2, 0) is 4.79 Å². The van der Waals surface area contributed by atoms with E-state index in [0.29, 0.717) is 21.3 Å². The molecule has 0 saturated heterocycles. The van der Waals surface area contributed by atoms with Gasteiger partial charge in [0.05, 0.1) is 11.3 Å². The smallest absolute Gasteiger partial charge is 0.281 e. The number of halogens is 1. The number of carbonyl (C=O) groups excluding carboxylic acids is 2. The molecule has 1 heterocycles. The first-order valence-electron chi connectivity index (χ1n) is 6.47. The third-order valence-corrected chi connectivity index (χ3v) is 3.76. The lowest BCUT2D eigenvalue weighted by Crippen LogP contribution is -2.20. The quantitative estimate of drug-likeness (QED) is 0.648. The minimum Gasteiger partial charge on any atom is -0.326 e. The van der Waals surface area contributed by atoms with Crippen LogP contribution in [0.2, 0.25) is 5.02 Å². The lowest BCUT2D eigenvalue weighted by Gasteiger charge is -2.05. The van der Waals surface area contributed by atoms with E-state index in [-0.39, 0.29) is 18.2 Å². The highest BCUT2D eigenvalue weighted by atomic mass is 35.5. The molecule has 0 aliphatic heterocycles. The molecule has 2 aromatic rings. The summed E-state index contributed by atoms with van der Waals surface area (Å²) < 4.78 is 0. The van der Waals surface area contributed by atoms with Gasteiger partial charge < -0.3 is 5.32 Å². The normalized spacial score (nSPS) is 11.1. The molecule has 114 valence electrons. The van der Waals surface area contributed by atoms with Crippen molar-refractivity contribution in [1.29, 1.82) is 0 Å². The van der Waals surface area contributed by atoms with Crippen LogP contribution >= 0.6 is 22.9 Å². The van der Waals surface area contributed by atoms with Crippen molar-refractivity contribution in [2.45, 2.75) is 13.3 Å². The predicted molar refractivity (Wildman–Crippen MR) is 89.6 cm³/mol. The largest absolute Gasteiger partial charge is 0.326 e. The monoisotopic (exact) mass is 335 g/mol. The van der Waals surface area contributed by atoms with Crippen LogP contribution in [0.15, 0.2) is 46.9 Å². The van der Waals surface area contributed by atoms with Gasteiger partial charge in [0, 0.05) is 16.4 Å². The fourth-order valence-corrected chi connectivity index (χ4v) is 2.36. The standard InChI is InChI=1S/C15H14ClN3O2S/c1-10(18-19-15(21)13-3-2-8-22-13)9-14(20)17-12-6-4-11(16)5-7-12/h2-8H,9H2,1H3,(H,17,20)(H,19,21)/b18-10-. The van der Waals surface area contributed by atoms with Gasteiger partial charge in [-0.2, -0.15) is 5.10 Å². The van der Waals surface area contributed by atoms with Crippen LogP contribution in [-0.4, -0.2) is 17.5 Å². The van der Waals surface area contributed by atoms with Crippen LogP contribution in [0.3, 0.4) is 0 Å². The third kappa shape index (κ3) is 4.98. The molecule has 1 aromatic heterocycles. The zero-order chi connectivity index (χ0) is 15.9. The molecule has 22 heavy (non-hydrogen) atoms. The first kappa shape index (κ1) is 16.2. The van der Waals surface area contributed by atoms with Crippen molar-refractivity contribution in [1.82, 2.24) is 5.43 Å². The van der Waals surface area contributed by atoms with Crippen molar-refractivity contribution >= 4 is 46.2 Å². The molecule has 0 aliphatic rings. The Morgan fingerprint density at radius 1 is 1.23 bits per heavy atom. The minimum atomic E-state index is -0.285. The van der Waals surface area contributed by atoms with Crippen LogP contribution in [0.1, 0.15) is 23.0 Å². The van der Waals surface area contributed by atoms with Gasteiger partial charge in [0.2, 0.25) is 5.91 Å². The van der Waals surface area contributed by atoms with Crippen LogP contribution in [0, 0.1) is 0 Å². The van der Waals surface area contributed by atoms with E-state index in [0.717, 1.165) is 0 Å². The second kappa shape index (κ2) is 7.72. The zero-order valence-corrected chi connectivity index (χ0v) is 13.4. The highest BCUT2D eigenvalue weighted by Crippen LogP contribution is 2.13. The number of nitrogens with zero attached hydrogens (tertiary/aromatic N) is 1. The van der Waals surface area contributed by atoms with Crippen LogP contribution in [0.5, 0.6) is 0 Å². The lowest BCUT2D eigenvalue weighted by molar-refractivity contribution is -0.115. The highest BCUT2D eigenvalue weighted by molar-refractivity contribution is 7.12. The molecule has 2 N–H and O–H groups in total. The fourth-order valence-electron chi connectivity index (χ4n) is 1.62. The van der Waals surface area contributed by atoms with Gasteiger partial charge in [-0.3, -0.25) is 9.59 Å². The van der Waals surface area contributed by atoms with Crippen molar-refractivity contribution < 1.29 is 9.59 Å². The molecule has 2 rings (SSSR count). The molecule has 0 radical (unpaired) electrons. The van der Waals surface area contributed by atoms with Gasteiger partial charge in [-0.1, -0.05) is 17.7 Å². The van der Waals surface area contributed by atoms with Crippen molar-refractivity contribution in [3.8, 4) is 0 Å². The molecule has 0 fully saturated rings. The summed E-state index contributed by atoms with van der Waals surface area (Å²) in [4.78, 5) is 24.1. The predicted octanol–water partition coefficient (Wildman–Crippen LogP) is 3.54. The molecule has 0 aliphatic carbocycles. The van der Waals surface area contributed by atoms with E-state index < -0.39 is 0 Å². The van der Waals surface area contributed by atoms with Crippen molar-refractivity contribution in [3.05, 3.63) is 51.7 Å². The molecule has 0 spiro atoms. The maximum Gasteiger partial charge on any atom is 0.281 e. The molecule has 0 bridgehead atoms. The molecule has 0 atom stereocenters. The van der Waals surface area contributed by atoms with Gasteiger partial charge >= 0.3 is 0 Å². The number of amides is 2. The average molecular weight is 336 g/mol. The van der Waals surface area contributed by atoms with E-state index in [2.05, 4.69) is 15.8 Å². The Bertz CT molecular complexity index is 681. The van der Waals surface area contributed by atoms with Gasteiger partial charge in [0.1, 0.15) is 0 Å². The van der Waals surface area contributed by atoms with Crippen molar-refractivity contribution in [2.24, 2.45) is 5.10 Å². The highest BCUT2D eigenvalue weighted by Gasteiger charge is 2.07. The summed E-state index contributed by atoms with van der Waals surface area (Å²) in [6.07, 6.45) is 0.0906. The first-order valence-corrected chi connectivity index (χ1v) is 7.73. The Kier molecular flexibility index (Phi) is 5.68. The van der Waals surface area contributed by atoms with Gasteiger partial charge in [0.15, 0.2) is 0 Å². The van der Waals surface area contributed by atoms with E-state index >= 15 is 0 Å². The Labute approximate surface area is 137 Å². The average Bonchev–Trinajstić information content (AvgIpc) is 3.01. The number of hydrogen-bond donors (Lipinski definition) is 2. The van der Waals surface area contributed by atoms with E-state index in [9.17, 15) is 9.59 Å². The van der Waals surface area contributed by atoms with E-state index in [4.69, 9.17) is 11.6 Å². The Morgan fingerprint density at radius 2 is 1.95 bits per heavy atom. The number of nitrogens with one attached hydrogen (secondary N) is 2. The van der Waals surface area contributed by atoms with Crippen LogP contribution < -0.4 is 10.7 Å². The zero-order valence-electron chi connectivity index (χ0n) is 11.8. The van der Waals surface area contributed by atoms with Gasteiger partial charge in [-0.05, 0) is 42.6 Å². The summed E-state index contributed by atoms with van der Waals surface area (Å²) >= 11 is 7.10. The molecule has 0 unspecified atom stereocenters. The summed E-state index contributed by atoms with van der Waals surface area (Å²) in [6.45, 7) is 1.68. The molecule has 2 amide bonds. The molecule has 1 aromatic carbocycles. The first-order chi connectivity index (χ1) is 10.5. The van der Waals surface area contributed by atoms with E-state index in [1.807, 2.05) is 5.38 Å². The van der Waals surface area contributed by atoms with E-state index in [1.54, 1.807) is 43.3 Å². The van der Waals surface area contributed by atoms with Crippen molar-refractivity contribution in [2.75, 3.05) is 5.32 Å².